The molecular formula is C49H47N11O6. The number of carbonyl (C=O) groups is 5. The van der Waals surface area contributed by atoms with Crippen molar-refractivity contribution in [3.05, 3.63) is 155 Å². The molecule has 4 amide bonds. The number of pyridine rings is 6. The molecule has 2 aliphatic heterocycles. The highest BCUT2D eigenvalue weighted by atomic mass is 16.4. The molecule has 0 aromatic carbocycles. The van der Waals surface area contributed by atoms with Gasteiger partial charge in [0.1, 0.15) is 0 Å². The van der Waals surface area contributed by atoms with Crippen molar-refractivity contribution in [3.8, 4) is 34.2 Å². The van der Waals surface area contributed by atoms with Crippen LogP contribution in [0.5, 0.6) is 0 Å². The molecule has 0 atom stereocenters. The van der Waals surface area contributed by atoms with E-state index in [2.05, 4.69) is 20.5 Å². The number of carboxylic acid groups (broad SMARTS) is 1. The minimum Gasteiger partial charge on any atom is -0.478 e. The number of imide groups is 1. The summed E-state index contributed by atoms with van der Waals surface area (Å²) >= 11 is 0. The van der Waals surface area contributed by atoms with Gasteiger partial charge in [-0.15, -0.1) is 0 Å². The van der Waals surface area contributed by atoms with Crippen LogP contribution >= 0.6 is 0 Å². The summed E-state index contributed by atoms with van der Waals surface area (Å²) in [6, 6.07) is 29.5. The van der Waals surface area contributed by atoms with E-state index >= 15 is 0 Å². The van der Waals surface area contributed by atoms with Crippen molar-refractivity contribution in [2.75, 3.05) is 26.7 Å². The van der Waals surface area contributed by atoms with Crippen molar-refractivity contribution in [2.24, 2.45) is 0 Å². The first-order chi connectivity index (χ1) is 31.9. The highest BCUT2D eigenvalue weighted by Gasteiger charge is 2.23. The maximum Gasteiger partial charge on any atom is 0.335 e. The zero-order chi connectivity index (χ0) is 46.2. The first-order valence-electron chi connectivity index (χ1n) is 21.5. The minimum absolute atomic E-state index is 0.0161. The second-order valence-corrected chi connectivity index (χ2v) is 16.2. The van der Waals surface area contributed by atoms with E-state index in [1.54, 1.807) is 12.1 Å². The SMILES string of the molecule is Cc1cccc(-c2cccc(CN3Cc4cccc(n4)-c4cccc(n4)CN(C)Cc4cc(C(=O)O)cc(n4)-c4cc(C(=O)NCCNC(=O)CCCN5C(=O)C=CC5=O)cc(n4)C3)n2)n1. The van der Waals surface area contributed by atoms with Gasteiger partial charge in [0.25, 0.3) is 17.7 Å². The third-order valence-corrected chi connectivity index (χ3v) is 10.8. The number of fused-ring (bicyclic) bond motifs is 10. The molecular weight excluding hydrogens is 839 g/mol. The van der Waals surface area contributed by atoms with Crippen molar-refractivity contribution in [1.29, 1.82) is 0 Å². The van der Waals surface area contributed by atoms with Crippen molar-refractivity contribution in [1.82, 2.24) is 55.2 Å². The Morgan fingerprint density at radius 1 is 0.606 bits per heavy atom. The molecule has 0 aliphatic carbocycles. The smallest absolute Gasteiger partial charge is 0.335 e. The van der Waals surface area contributed by atoms with Crippen LogP contribution in [0.1, 0.15) is 67.7 Å². The Hall–Kier alpha value is -7.89. The van der Waals surface area contributed by atoms with Gasteiger partial charge in [0.05, 0.1) is 68.2 Å². The molecule has 334 valence electrons. The lowest BCUT2D eigenvalue weighted by Gasteiger charge is -2.23. The van der Waals surface area contributed by atoms with Crippen LogP contribution in [0.3, 0.4) is 0 Å². The number of nitrogens with one attached hydrogen (secondary N) is 2. The number of hydrogen-bond acceptors (Lipinski definition) is 13. The summed E-state index contributed by atoms with van der Waals surface area (Å²) < 4.78 is 0. The molecule has 2 aliphatic rings. The Morgan fingerprint density at radius 3 is 1.82 bits per heavy atom. The van der Waals surface area contributed by atoms with Crippen LogP contribution in [-0.4, -0.2) is 106 Å². The summed E-state index contributed by atoms with van der Waals surface area (Å²) in [4.78, 5) is 97.5. The lowest BCUT2D eigenvalue weighted by atomic mass is 10.1. The molecule has 8 bridgehead atoms. The van der Waals surface area contributed by atoms with Gasteiger partial charge in [-0.25, -0.2) is 29.7 Å². The third-order valence-electron chi connectivity index (χ3n) is 10.8. The zero-order valence-electron chi connectivity index (χ0n) is 36.5. The number of aromatic carboxylic acids is 1. The fraction of sp³-hybridized carbons (Fsp3) is 0.245. The summed E-state index contributed by atoms with van der Waals surface area (Å²) in [6.45, 7) is 3.95. The summed E-state index contributed by atoms with van der Waals surface area (Å²) in [7, 11) is 1.90. The van der Waals surface area contributed by atoms with Crippen LogP contribution in [0.25, 0.3) is 34.2 Å². The Morgan fingerprint density at radius 2 is 1.14 bits per heavy atom. The van der Waals surface area contributed by atoms with Gasteiger partial charge < -0.3 is 15.7 Å². The Bertz CT molecular complexity index is 2850. The fourth-order valence-electron chi connectivity index (χ4n) is 7.75. The molecule has 17 heteroatoms. The van der Waals surface area contributed by atoms with Crippen LogP contribution in [0.15, 0.2) is 109 Å². The molecule has 0 fully saturated rings. The Kier molecular flexibility index (Phi) is 13.8. The van der Waals surface area contributed by atoms with Gasteiger partial charge in [0.2, 0.25) is 5.91 Å². The maximum absolute atomic E-state index is 14.0. The number of carboxylic acids is 1. The summed E-state index contributed by atoms with van der Waals surface area (Å²) in [5.41, 5.74) is 7.89. The monoisotopic (exact) mass is 885 g/mol. The lowest BCUT2D eigenvalue weighted by molar-refractivity contribution is -0.137. The van der Waals surface area contributed by atoms with E-state index in [0.717, 1.165) is 39.1 Å². The number of carbonyl (C=O) groups excluding carboxylic acids is 4. The molecule has 8 rings (SSSR count). The Balaban J connectivity index is 1.11. The van der Waals surface area contributed by atoms with Crippen molar-refractivity contribution in [2.45, 2.75) is 52.5 Å². The fourth-order valence-corrected chi connectivity index (χ4v) is 7.75. The van der Waals surface area contributed by atoms with Gasteiger partial charge in [-0.2, -0.15) is 0 Å². The second kappa shape index (κ2) is 20.3. The molecule has 0 unspecified atom stereocenters. The van der Waals surface area contributed by atoms with E-state index < -0.39 is 23.7 Å². The topological polar surface area (TPSA) is 217 Å². The average Bonchev–Trinajstić information content (AvgIpc) is 3.62. The predicted octanol–water partition coefficient (Wildman–Crippen LogP) is 4.76. The first-order valence-corrected chi connectivity index (χ1v) is 21.5. The number of aryl methyl sites for hydroxylation is 1. The first kappa shape index (κ1) is 44.7. The number of rotatable bonds is 12. The van der Waals surface area contributed by atoms with Crippen molar-refractivity contribution >= 4 is 29.6 Å². The van der Waals surface area contributed by atoms with Gasteiger partial charge in [-0.1, -0.05) is 24.3 Å². The number of amides is 4. The van der Waals surface area contributed by atoms with E-state index in [1.807, 2.05) is 91.7 Å². The van der Waals surface area contributed by atoms with Crippen molar-refractivity contribution < 1.29 is 29.1 Å². The van der Waals surface area contributed by atoms with Crippen LogP contribution in [-0.2, 0) is 47.1 Å². The van der Waals surface area contributed by atoms with Gasteiger partial charge in [-0.05, 0) is 93.2 Å². The van der Waals surface area contributed by atoms with E-state index in [0.29, 0.717) is 54.5 Å². The number of hydrogen-bond donors (Lipinski definition) is 3. The van der Waals surface area contributed by atoms with Crippen LogP contribution in [0.2, 0.25) is 0 Å². The third kappa shape index (κ3) is 11.4. The van der Waals surface area contributed by atoms with Crippen LogP contribution in [0.4, 0.5) is 0 Å². The average molecular weight is 886 g/mol. The molecule has 3 N–H and O–H groups in total. The second-order valence-electron chi connectivity index (χ2n) is 16.2. The number of aromatic nitrogens is 6. The maximum atomic E-state index is 14.0. The van der Waals surface area contributed by atoms with Crippen molar-refractivity contribution in [3.63, 3.8) is 0 Å². The summed E-state index contributed by atoms with van der Waals surface area (Å²) in [6.07, 6.45) is 2.79. The molecule has 0 radical (unpaired) electrons. The predicted molar refractivity (Wildman–Crippen MR) is 243 cm³/mol. The highest BCUT2D eigenvalue weighted by Crippen LogP contribution is 2.25. The normalized spacial score (nSPS) is 14.1. The molecule has 17 nitrogen and oxygen atoms in total. The Labute approximate surface area is 380 Å². The van der Waals surface area contributed by atoms with E-state index in [4.69, 9.17) is 24.9 Å². The quantitative estimate of drug-likeness (QED) is 0.112. The van der Waals surface area contributed by atoms with E-state index in [-0.39, 0.29) is 61.9 Å². The minimum atomic E-state index is -1.14. The molecule has 8 heterocycles. The summed E-state index contributed by atoms with van der Waals surface area (Å²) in [5, 5.41) is 15.9. The highest BCUT2D eigenvalue weighted by molar-refractivity contribution is 6.12. The van der Waals surface area contributed by atoms with Gasteiger partial charge in [0, 0.05) is 82.2 Å². The van der Waals surface area contributed by atoms with Gasteiger partial charge in [0.15, 0.2) is 0 Å². The van der Waals surface area contributed by atoms with E-state index in [9.17, 15) is 29.1 Å². The molecule has 66 heavy (non-hydrogen) atoms. The van der Waals surface area contributed by atoms with Crippen LogP contribution < -0.4 is 10.6 Å². The van der Waals surface area contributed by atoms with Gasteiger partial charge >= 0.3 is 5.97 Å². The zero-order valence-corrected chi connectivity index (χ0v) is 36.5. The summed E-state index contributed by atoms with van der Waals surface area (Å²) in [5.74, 6) is -2.68. The molecule has 0 saturated heterocycles. The lowest BCUT2D eigenvalue weighted by Crippen LogP contribution is -2.35. The standard InChI is InChI=1S/C49H47N11O6/c1-31-8-3-12-39(52-31)40-13-5-10-35(54-40)28-59-29-36-11-6-15-42(55-36)41-14-4-9-34(53-41)26-58(2)27-37-23-33(49(65)66)25-44(56-37)43-24-32(22-38(30-59)57-43)48(64)51-20-19-50-45(61)16-7-21-60-46(62)17-18-47(60)63/h3-6,8-15,17-18,22-25H,7,16,19-21,26-30H2,1-2H3,(H,50,61)(H,51,64)(H,65,66). The molecule has 6 aromatic heterocycles. The molecule has 0 spiro atoms. The molecule has 0 saturated carbocycles. The molecule has 6 aromatic rings. The van der Waals surface area contributed by atoms with Crippen LogP contribution in [0, 0.1) is 6.92 Å². The van der Waals surface area contributed by atoms with Gasteiger partial charge in [-0.3, -0.25) is 38.9 Å². The van der Waals surface area contributed by atoms with E-state index in [1.165, 1.54) is 24.3 Å². The largest absolute Gasteiger partial charge is 0.478 e. The number of nitrogens with zero attached hydrogens (tertiary/aromatic N) is 9.